The van der Waals surface area contributed by atoms with Crippen LogP contribution in [0.5, 0.6) is 0 Å². The van der Waals surface area contributed by atoms with Crippen LogP contribution in [0.15, 0.2) is 34.9 Å². The summed E-state index contributed by atoms with van der Waals surface area (Å²) in [7, 11) is 0. The Morgan fingerprint density at radius 3 is 2.68 bits per heavy atom. The molecule has 0 saturated heterocycles. The van der Waals surface area contributed by atoms with Crippen LogP contribution < -0.4 is 0 Å². The van der Waals surface area contributed by atoms with Crippen molar-refractivity contribution in [1.29, 1.82) is 0 Å². The van der Waals surface area contributed by atoms with Crippen LogP contribution in [-0.2, 0) is 11.3 Å². The average molecular weight is 299 g/mol. The van der Waals surface area contributed by atoms with Crippen molar-refractivity contribution in [3.8, 4) is 5.69 Å². The first-order valence-electron chi connectivity index (χ1n) is 6.59. The zero-order chi connectivity index (χ0) is 15.5. The number of esters is 1. The summed E-state index contributed by atoms with van der Waals surface area (Å²) in [5.41, 5.74) is 1.40. The molecule has 22 heavy (non-hydrogen) atoms. The number of carbonyl (C=O) groups excluding carboxylic acids is 1. The molecule has 1 aromatic carbocycles. The van der Waals surface area contributed by atoms with Gasteiger partial charge in [0.1, 0.15) is 0 Å². The Kier molecular flexibility index (Phi) is 3.65. The van der Waals surface area contributed by atoms with Crippen LogP contribution >= 0.6 is 0 Å². The van der Waals surface area contributed by atoms with Gasteiger partial charge in [-0.1, -0.05) is 23.4 Å². The lowest BCUT2D eigenvalue weighted by atomic mass is 10.3. The number of aryl methyl sites for hydroxylation is 2. The third-order valence-electron chi connectivity index (χ3n) is 2.86. The van der Waals surface area contributed by atoms with Gasteiger partial charge in [0.25, 0.3) is 5.89 Å². The molecule has 0 unspecified atom stereocenters. The summed E-state index contributed by atoms with van der Waals surface area (Å²) in [5, 5.41) is 12.0. The summed E-state index contributed by atoms with van der Waals surface area (Å²) in [4.78, 5) is 17.4. The zero-order valence-corrected chi connectivity index (χ0v) is 12.1. The molecule has 0 aliphatic carbocycles. The molecule has 2 aromatic heterocycles. The van der Waals surface area contributed by atoms with Gasteiger partial charge in [-0.3, -0.25) is 0 Å². The van der Waals surface area contributed by atoms with E-state index in [2.05, 4.69) is 20.3 Å². The van der Waals surface area contributed by atoms with E-state index in [4.69, 9.17) is 9.26 Å². The van der Waals surface area contributed by atoms with Gasteiger partial charge in [-0.25, -0.2) is 4.79 Å². The Morgan fingerprint density at radius 1 is 1.23 bits per heavy atom. The largest absolute Gasteiger partial charge is 0.451 e. The van der Waals surface area contributed by atoms with Crippen LogP contribution in [-0.4, -0.2) is 31.1 Å². The van der Waals surface area contributed by atoms with Crippen LogP contribution in [0, 0.1) is 13.8 Å². The van der Waals surface area contributed by atoms with Gasteiger partial charge in [-0.05, 0) is 26.0 Å². The number of para-hydroxylation sites is 1. The monoisotopic (exact) mass is 299 g/mol. The maximum atomic E-state index is 12.1. The minimum Gasteiger partial charge on any atom is -0.451 e. The van der Waals surface area contributed by atoms with Gasteiger partial charge in [0.2, 0.25) is 0 Å². The molecular weight excluding hydrogens is 286 g/mol. The number of carbonyl (C=O) groups is 1. The van der Waals surface area contributed by atoms with Crippen molar-refractivity contribution >= 4 is 5.97 Å². The van der Waals surface area contributed by atoms with Crippen LogP contribution in [0.4, 0.5) is 0 Å². The predicted molar refractivity (Wildman–Crippen MR) is 74.3 cm³/mol. The fourth-order valence-corrected chi connectivity index (χ4v) is 1.84. The van der Waals surface area contributed by atoms with Crippen LogP contribution in [0.25, 0.3) is 5.69 Å². The van der Waals surface area contributed by atoms with Crippen molar-refractivity contribution in [3.63, 3.8) is 0 Å². The highest BCUT2D eigenvalue weighted by molar-refractivity contribution is 5.88. The summed E-state index contributed by atoms with van der Waals surface area (Å²) in [6.45, 7) is 3.28. The molecule has 0 fully saturated rings. The third-order valence-corrected chi connectivity index (χ3v) is 2.86. The summed E-state index contributed by atoms with van der Waals surface area (Å²) < 4.78 is 9.98. The van der Waals surface area contributed by atoms with E-state index in [0.717, 1.165) is 5.69 Å². The molecule has 0 aliphatic rings. The Bertz CT molecular complexity index is 794. The Hall–Kier alpha value is -3.03. The Labute approximate surface area is 125 Å². The molecule has 3 aromatic rings. The van der Waals surface area contributed by atoms with Crippen molar-refractivity contribution in [2.45, 2.75) is 20.5 Å². The summed E-state index contributed by atoms with van der Waals surface area (Å²) in [5.74, 6) is 0.131. The lowest BCUT2D eigenvalue weighted by Gasteiger charge is -1.99. The van der Waals surface area contributed by atoms with Crippen LogP contribution in [0.3, 0.4) is 0 Å². The van der Waals surface area contributed by atoms with Gasteiger partial charge in [-0.2, -0.15) is 14.9 Å². The fourth-order valence-electron chi connectivity index (χ4n) is 1.84. The van der Waals surface area contributed by atoms with Crippen molar-refractivity contribution < 1.29 is 14.1 Å². The van der Waals surface area contributed by atoms with Crippen molar-refractivity contribution in [2.24, 2.45) is 0 Å². The van der Waals surface area contributed by atoms with E-state index in [-0.39, 0.29) is 18.2 Å². The number of hydrogen-bond acceptors (Lipinski definition) is 7. The number of hydrogen-bond donors (Lipinski definition) is 0. The first kappa shape index (κ1) is 13.9. The van der Waals surface area contributed by atoms with Crippen molar-refractivity contribution in [1.82, 2.24) is 25.1 Å². The lowest BCUT2D eigenvalue weighted by Crippen LogP contribution is -2.08. The number of ether oxygens (including phenoxy) is 1. The summed E-state index contributed by atoms with van der Waals surface area (Å²) in [6, 6.07) is 9.31. The molecule has 0 saturated carbocycles. The molecule has 112 valence electrons. The van der Waals surface area contributed by atoms with Crippen LogP contribution in [0.2, 0.25) is 0 Å². The molecule has 0 aliphatic heterocycles. The molecule has 0 N–H and O–H groups in total. The third kappa shape index (κ3) is 2.85. The highest BCUT2D eigenvalue weighted by Gasteiger charge is 2.18. The molecule has 8 nitrogen and oxygen atoms in total. The van der Waals surface area contributed by atoms with E-state index in [1.54, 1.807) is 13.8 Å². The van der Waals surface area contributed by atoms with Gasteiger partial charge in [0.15, 0.2) is 18.1 Å². The molecule has 8 heteroatoms. The Morgan fingerprint density at radius 2 is 2.00 bits per heavy atom. The fraction of sp³-hybridized carbons (Fsp3) is 0.214. The number of nitrogens with zero attached hydrogens (tertiary/aromatic N) is 5. The van der Waals surface area contributed by atoms with E-state index in [1.807, 2.05) is 30.3 Å². The minimum absolute atomic E-state index is 0.0999. The Balaban J connectivity index is 1.74. The molecule has 0 radical (unpaired) electrons. The maximum Gasteiger partial charge on any atom is 0.361 e. The average Bonchev–Trinajstić information content (AvgIpc) is 3.12. The normalized spacial score (nSPS) is 10.6. The first-order valence-corrected chi connectivity index (χ1v) is 6.59. The van der Waals surface area contributed by atoms with Gasteiger partial charge in [-0.15, -0.1) is 5.10 Å². The van der Waals surface area contributed by atoms with Gasteiger partial charge in [0.05, 0.1) is 11.4 Å². The van der Waals surface area contributed by atoms with Gasteiger partial charge < -0.3 is 9.26 Å². The molecular formula is C14H13N5O3. The molecule has 0 amide bonds. The number of rotatable bonds is 4. The van der Waals surface area contributed by atoms with Crippen molar-refractivity contribution in [3.05, 3.63) is 53.4 Å². The highest BCUT2D eigenvalue weighted by atomic mass is 16.6. The van der Waals surface area contributed by atoms with Gasteiger partial charge in [0, 0.05) is 0 Å². The predicted octanol–water partition coefficient (Wildman–Crippen LogP) is 1.62. The second kappa shape index (κ2) is 5.76. The second-order valence-electron chi connectivity index (χ2n) is 4.57. The first-order chi connectivity index (χ1) is 10.6. The summed E-state index contributed by atoms with van der Waals surface area (Å²) >= 11 is 0. The van der Waals surface area contributed by atoms with E-state index in [9.17, 15) is 4.79 Å². The molecule has 3 rings (SSSR count). The summed E-state index contributed by atoms with van der Waals surface area (Å²) in [6.07, 6.45) is 0. The molecule has 0 atom stereocenters. The van der Waals surface area contributed by atoms with Crippen molar-refractivity contribution in [2.75, 3.05) is 0 Å². The number of aromatic nitrogens is 5. The number of benzene rings is 1. The van der Waals surface area contributed by atoms with E-state index in [0.29, 0.717) is 11.5 Å². The smallest absolute Gasteiger partial charge is 0.361 e. The highest BCUT2D eigenvalue weighted by Crippen LogP contribution is 2.10. The minimum atomic E-state index is -0.587. The lowest BCUT2D eigenvalue weighted by molar-refractivity contribution is 0.0421. The maximum absolute atomic E-state index is 12.1. The standard InChI is InChI=1S/C14H13N5O3/c1-9-13(14(20)21-8-12-15-10(2)18-22-12)17-19(16-9)11-6-4-3-5-7-11/h3-7H,8H2,1-2H3. The van der Waals surface area contributed by atoms with E-state index < -0.39 is 5.97 Å². The van der Waals surface area contributed by atoms with E-state index in [1.165, 1.54) is 4.80 Å². The SMILES string of the molecule is Cc1noc(COC(=O)c2nn(-c3ccccc3)nc2C)n1. The zero-order valence-electron chi connectivity index (χ0n) is 12.1. The second-order valence-corrected chi connectivity index (χ2v) is 4.57. The van der Waals surface area contributed by atoms with Crippen LogP contribution in [0.1, 0.15) is 27.9 Å². The van der Waals surface area contributed by atoms with Gasteiger partial charge >= 0.3 is 5.97 Å². The molecule has 2 heterocycles. The van der Waals surface area contributed by atoms with E-state index >= 15 is 0 Å². The molecule has 0 spiro atoms. The molecule has 0 bridgehead atoms. The quantitative estimate of drug-likeness (QED) is 0.675. The topological polar surface area (TPSA) is 95.9 Å².